The average Bonchev–Trinajstić information content (AvgIpc) is 3.37. The van der Waals surface area contributed by atoms with E-state index in [0.29, 0.717) is 18.3 Å². The van der Waals surface area contributed by atoms with Gasteiger partial charge in [0.1, 0.15) is 0 Å². The number of ketones is 1. The van der Waals surface area contributed by atoms with E-state index < -0.39 is 6.67 Å². The van der Waals surface area contributed by atoms with Crippen molar-refractivity contribution in [1.82, 2.24) is 9.97 Å². The number of rotatable bonds is 12. The number of hydrogen-bond acceptors (Lipinski definition) is 4. The summed E-state index contributed by atoms with van der Waals surface area (Å²) in [7, 11) is 0. The third-order valence-corrected chi connectivity index (χ3v) is 14.8. The van der Waals surface area contributed by atoms with Gasteiger partial charge in [-0.15, -0.1) is 69.8 Å². The first-order chi connectivity index (χ1) is 35.1. The summed E-state index contributed by atoms with van der Waals surface area (Å²) < 4.78 is 45.8. The van der Waals surface area contributed by atoms with Crippen molar-refractivity contribution in [2.75, 3.05) is 6.67 Å². The van der Waals surface area contributed by atoms with E-state index in [1.165, 1.54) is 92.5 Å². The quantitative estimate of drug-likeness (QED) is 0.0753. The van der Waals surface area contributed by atoms with Crippen LogP contribution < -0.4 is 0 Å². The Morgan fingerprint density at radius 3 is 1.45 bits per heavy atom. The third kappa shape index (κ3) is 15.5. The Balaban J connectivity index is 0.000000217. The second kappa shape index (κ2) is 26.4. The summed E-state index contributed by atoms with van der Waals surface area (Å²) in [6.07, 6.45) is 16.6. The van der Waals surface area contributed by atoms with Gasteiger partial charge >= 0.3 is 0 Å². The second-order valence-electron chi connectivity index (χ2n) is 22.2. The molecule has 2 aliphatic carbocycles. The summed E-state index contributed by atoms with van der Waals surface area (Å²) >= 11 is 0. The molecule has 4 aromatic carbocycles. The standard InChI is InChI=1S/2C26H30N.C13H23FO2.Ir/c2*1-18-14-22(17-23(15-18)26(2,3)4)25-24-11-10-20(16-21(24)12-13-27-25)19-8-6-5-7-9-19;1-4-10(5-2)12(15)9-13(16)11(6-3)7-8-14;/h2*10-13,15-17,19H,5-9H2,1-4H3;9-11,16H,4-8H2,1-3H3;/q2*-1;;/b;;13-9-;/i2*12D,13D;;. The number of fused-ring (bicyclic) bond motifs is 2. The molecule has 383 valence electrons. The van der Waals surface area contributed by atoms with Crippen LogP contribution in [0.1, 0.15) is 203 Å². The van der Waals surface area contributed by atoms with Crippen molar-refractivity contribution in [3.8, 4) is 22.5 Å². The van der Waals surface area contributed by atoms with E-state index in [1.807, 2.05) is 20.8 Å². The predicted octanol–water partition coefficient (Wildman–Crippen LogP) is 18.5. The van der Waals surface area contributed by atoms with Gasteiger partial charge in [-0.05, 0) is 130 Å². The fraction of sp³-hybridized carbons (Fsp3) is 0.492. The van der Waals surface area contributed by atoms with Gasteiger partial charge in [0, 0.05) is 50.4 Å². The van der Waals surface area contributed by atoms with Crippen LogP contribution >= 0.6 is 0 Å². The zero-order chi connectivity index (χ0) is 54.1. The second-order valence-corrected chi connectivity index (χ2v) is 22.2. The molecule has 1 N–H and O–H groups in total. The first-order valence-corrected chi connectivity index (χ1v) is 26.5. The molecule has 0 aliphatic heterocycles. The van der Waals surface area contributed by atoms with Crippen LogP contribution in [0.15, 0.2) is 96.9 Å². The summed E-state index contributed by atoms with van der Waals surface area (Å²) in [4.78, 5) is 20.8. The molecule has 0 amide bonds. The van der Waals surface area contributed by atoms with Gasteiger partial charge in [-0.3, -0.25) is 9.18 Å². The maximum Gasteiger partial charge on any atom is 0.162 e. The molecule has 1 unspecified atom stereocenters. The molecule has 0 saturated heterocycles. The van der Waals surface area contributed by atoms with Gasteiger partial charge in [0.25, 0.3) is 0 Å². The van der Waals surface area contributed by atoms with Crippen LogP contribution in [0.5, 0.6) is 0 Å². The maximum atomic E-state index is 12.2. The Bertz CT molecular complexity index is 2750. The van der Waals surface area contributed by atoms with E-state index in [2.05, 4.69) is 138 Å². The number of carbonyl (C=O) groups excluding carboxylic acids is 1. The Morgan fingerprint density at radius 2 is 1.08 bits per heavy atom. The van der Waals surface area contributed by atoms with Gasteiger partial charge in [0.15, 0.2) is 5.78 Å². The number of alkyl halides is 1. The van der Waals surface area contributed by atoms with Crippen LogP contribution in [-0.4, -0.2) is 27.5 Å². The van der Waals surface area contributed by atoms with Crippen molar-refractivity contribution in [1.29, 1.82) is 0 Å². The summed E-state index contributed by atoms with van der Waals surface area (Å²) in [5, 5.41) is 13.3. The molecular weight excluding hydrogens is 1050 g/mol. The van der Waals surface area contributed by atoms with E-state index in [4.69, 9.17) is 5.48 Å². The number of aliphatic hydroxyl groups excluding tert-OH is 1. The molecule has 2 heterocycles. The first kappa shape index (κ1) is 51.4. The molecule has 0 bridgehead atoms. The Kier molecular flexibility index (Phi) is 19.1. The molecule has 71 heavy (non-hydrogen) atoms. The molecule has 4 nitrogen and oxygen atoms in total. The van der Waals surface area contributed by atoms with Crippen LogP contribution in [0.2, 0.25) is 0 Å². The molecule has 6 heteroatoms. The van der Waals surface area contributed by atoms with Crippen LogP contribution in [0, 0.1) is 37.8 Å². The number of hydrogen-bond donors (Lipinski definition) is 1. The normalized spacial score (nSPS) is 16.2. The van der Waals surface area contributed by atoms with Crippen molar-refractivity contribution in [3.05, 3.63) is 142 Å². The number of aryl methyl sites for hydroxylation is 2. The van der Waals surface area contributed by atoms with E-state index in [1.54, 1.807) is 0 Å². The average molecular weight is 1140 g/mol. The van der Waals surface area contributed by atoms with E-state index in [-0.39, 0.29) is 85.2 Å². The van der Waals surface area contributed by atoms with Gasteiger partial charge in [-0.25, -0.2) is 0 Å². The Morgan fingerprint density at radius 1 is 0.676 bits per heavy atom. The number of aliphatic hydroxyl groups is 1. The van der Waals surface area contributed by atoms with Crippen molar-refractivity contribution in [2.24, 2.45) is 11.8 Å². The zero-order valence-corrected chi connectivity index (χ0v) is 47.1. The summed E-state index contributed by atoms with van der Waals surface area (Å²) in [5.74, 6) is 0.915. The van der Waals surface area contributed by atoms with Crippen LogP contribution in [0.3, 0.4) is 0 Å². The van der Waals surface area contributed by atoms with Gasteiger partial charge in [-0.2, -0.15) is 0 Å². The molecule has 0 spiro atoms. The number of carbonyl (C=O) groups is 1. The largest absolute Gasteiger partial charge is 0.512 e. The molecule has 2 fully saturated rings. The topological polar surface area (TPSA) is 63.1 Å². The SMILES string of the molecule is CCC(CC)C(=O)/C=C(\O)C(CC)CCF.[2H]c1nc(-c2[c-]c(C)cc(C(C)(C)C)c2)c2ccc(C3CCCCC3)cc2c1[2H].[2H]c1nc(-c2[c-]c(C)cc(C(C)(C)C)c2)c2ccc(C3CCCCC3)cc2c1[2H].[Ir]. The molecule has 1 radical (unpaired) electrons. The summed E-state index contributed by atoms with van der Waals surface area (Å²) in [6.45, 7) is 22.7. The van der Waals surface area contributed by atoms with Crippen molar-refractivity contribution < 1.29 is 39.9 Å². The zero-order valence-electron chi connectivity index (χ0n) is 48.7. The van der Waals surface area contributed by atoms with Crippen molar-refractivity contribution in [2.45, 2.75) is 189 Å². The van der Waals surface area contributed by atoms with Crippen LogP contribution in [0.4, 0.5) is 4.39 Å². The number of benzene rings is 4. The molecule has 1 atom stereocenters. The van der Waals surface area contributed by atoms with Gasteiger partial charge in [0.05, 0.1) is 17.9 Å². The van der Waals surface area contributed by atoms with Crippen molar-refractivity contribution in [3.63, 3.8) is 0 Å². The number of aromatic nitrogens is 2. The van der Waals surface area contributed by atoms with Gasteiger partial charge < -0.3 is 15.1 Å². The summed E-state index contributed by atoms with van der Waals surface area (Å²) in [5.41, 5.74) is 10.7. The summed E-state index contributed by atoms with van der Waals surface area (Å²) in [6, 6.07) is 28.9. The predicted molar refractivity (Wildman–Crippen MR) is 295 cm³/mol. The van der Waals surface area contributed by atoms with Crippen LogP contribution in [-0.2, 0) is 35.7 Å². The first-order valence-electron chi connectivity index (χ1n) is 28.5. The minimum Gasteiger partial charge on any atom is -0.512 e. The molecular formula is C65H83FIrN2O2-2. The molecule has 2 saturated carbocycles. The fourth-order valence-electron chi connectivity index (χ4n) is 10.3. The van der Waals surface area contributed by atoms with E-state index in [0.717, 1.165) is 68.0 Å². The number of nitrogens with zero attached hydrogens (tertiary/aromatic N) is 2. The van der Waals surface area contributed by atoms with Crippen LogP contribution in [0.25, 0.3) is 44.1 Å². The molecule has 6 aromatic rings. The molecule has 2 aliphatic rings. The van der Waals surface area contributed by atoms with E-state index >= 15 is 0 Å². The third-order valence-electron chi connectivity index (χ3n) is 14.8. The van der Waals surface area contributed by atoms with Crippen molar-refractivity contribution >= 4 is 27.3 Å². The molecule has 8 rings (SSSR count). The number of allylic oxidation sites excluding steroid dienone is 2. The van der Waals surface area contributed by atoms with E-state index in [9.17, 15) is 14.3 Å². The fourth-order valence-corrected chi connectivity index (χ4v) is 10.3. The monoisotopic (exact) mass is 1140 g/mol. The van der Waals surface area contributed by atoms with Gasteiger partial charge in [0.2, 0.25) is 0 Å². The minimum absolute atomic E-state index is 0. The minimum atomic E-state index is -0.463. The van der Waals surface area contributed by atoms with Gasteiger partial charge in [-0.1, -0.05) is 151 Å². The smallest absolute Gasteiger partial charge is 0.162 e. The number of halogens is 1. The number of pyridine rings is 2. The Labute approximate surface area is 447 Å². The maximum absolute atomic E-state index is 12.2. The Hall–Kier alpha value is -4.51. The molecule has 2 aromatic heterocycles.